The van der Waals surface area contributed by atoms with Gasteiger partial charge in [0.1, 0.15) is 0 Å². The molecule has 0 unspecified atom stereocenters. The SMILES string of the molecule is CCc1ccc2nc(-n3c(O)c(O)c(C(=O)c4ccccc4)c3-c3cccs3)sc2c1. The van der Waals surface area contributed by atoms with E-state index in [-0.39, 0.29) is 11.3 Å². The maximum atomic E-state index is 13.3. The zero-order chi connectivity index (χ0) is 21.5. The number of aromatic nitrogens is 2. The topological polar surface area (TPSA) is 75.3 Å². The molecule has 0 amide bonds. The van der Waals surface area contributed by atoms with Gasteiger partial charge in [-0.1, -0.05) is 60.7 Å². The van der Waals surface area contributed by atoms with E-state index >= 15 is 0 Å². The standard InChI is InChI=1S/C24H18N2O3S2/c1-2-14-10-11-16-18(13-14)31-24(25-16)26-20(17-9-6-12-30-17)19(22(28)23(26)29)21(27)15-7-4-3-5-8-15/h3-13,28-29H,2H2,1H3. The van der Waals surface area contributed by atoms with Crippen LogP contribution >= 0.6 is 22.7 Å². The summed E-state index contributed by atoms with van der Waals surface area (Å²) >= 11 is 2.84. The fourth-order valence-electron chi connectivity index (χ4n) is 3.60. The lowest BCUT2D eigenvalue weighted by molar-refractivity contribution is 0.103. The number of thiazole rings is 1. The van der Waals surface area contributed by atoms with Gasteiger partial charge < -0.3 is 10.2 Å². The molecule has 2 aromatic carbocycles. The number of carbonyl (C=O) groups is 1. The van der Waals surface area contributed by atoms with Crippen LogP contribution in [0.3, 0.4) is 0 Å². The highest BCUT2D eigenvalue weighted by molar-refractivity contribution is 7.20. The van der Waals surface area contributed by atoms with Crippen LogP contribution in [0.25, 0.3) is 25.9 Å². The van der Waals surface area contributed by atoms with Gasteiger partial charge in [0.25, 0.3) is 0 Å². The van der Waals surface area contributed by atoms with E-state index < -0.39 is 11.6 Å². The van der Waals surface area contributed by atoms with Crippen molar-refractivity contribution in [2.45, 2.75) is 13.3 Å². The van der Waals surface area contributed by atoms with Crippen molar-refractivity contribution in [2.24, 2.45) is 0 Å². The lowest BCUT2D eigenvalue weighted by atomic mass is 10.0. The lowest BCUT2D eigenvalue weighted by Crippen LogP contribution is -2.04. The number of rotatable bonds is 5. The highest BCUT2D eigenvalue weighted by Crippen LogP contribution is 2.46. The van der Waals surface area contributed by atoms with Crippen molar-refractivity contribution in [1.82, 2.24) is 9.55 Å². The first-order chi connectivity index (χ1) is 15.1. The highest BCUT2D eigenvalue weighted by Gasteiger charge is 2.31. The number of thiophene rings is 1. The Balaban J connectivity index is 1.78. The first-order valence-corrected chi connectivity index (χ1v) is 11.5. The number of nitrogens with zero attached hydrogens (tertiary/aromatic N) is 2. The molecule has 3 aromatic heterocycles. The third kappa shape index (κ3) is 3.22. The molecule has 0 aliphatic heterocycles. The number of aromatic hydroxyl groups is 2. The first-order valence-electron chi connectivity index (χ1n) is 9.78. The molecule has 5 aromatic rings. The molecular formula is C24H18N2O3S2. The minimum Gasteiger partial charge on any atom is -0.503 e. The Labute approximate surface area is 186 Å². The van der Waals surface area contributed by atoms with E-state index in [1.165, 1.54) is 32.8 Å². The maximum Gasteiger partial charge on any atom is 0.242 e. The van der Waals surface area contributed by atoms with Crippen LogP contribution < -0.4 is 0 Å². The molecular weight excluding hydrogens is 428 g/mol. The van der Waals surface area contributed by atoms with Gasteiger partial charge in [0, 0.05) is 5.56 Å². The summed E-state index contributed by atoms with van der Waals surface area (Å²) in [5, 5.41) is 24.1. The summed E-state index contributed by atoms with van der Waals surface area (Å²) in [5.74, 6) is -1.19. The summed E-state index contributed by atoms with van der Waals surface area (Å²) < 4.78 is 2.46. The molecule has 5 nitrogen and oxygen atoms in total. The average Bonchev–Trinajstić information content (AvgIpc) is 3.52. The Kier molecular flexibility index (Phi) is 4.84. The normalized spacial score (nSPS) is 11.3. The van der Waals surface area contributed by atoms with E-state index in [0.29, 0.717) is 16.4 Å². The largest absolute Gasteiger partial charge is 0.503 e. The number of fused-ring (bicyclic) bond motifs is 1. The molecule has 0 aliphatic rings. The zero-order valence-corrected chi connectivity index (χ0v) is 18.2. The van der Waals surface area contributed by atoms with E-state index in [2.05, 4.69) is 18.0 Å². The van der Waals surface area contributed by atoms with Crippen LogP contribution in [0.2, 0.25) is 0 Å². The second-order valence-electron chi connectivity index (χ2n) is 7.06. The number of ketones is 1. The second-order valence-corrected chi connectivity index (χ2v) is 9.01. The molecule has 0 radical (unpaired) electrons. The number of hydrogen-bond donors (Lipinski definition) is 2. The van der Waals surface area contributed by atoms with Crippen molar-refractivity contribution in [1.29, 1.82) is 0 Å². The predicted molar refractivity (Wildman–Crippen MR) is 125 cm³/mol. The fourth-order valence-corrected chi connectivity index (χ4v) is 5.41. The molecule has 0 atom stereocenters. The molecule has 0 saturated carbocycles. The van der Waals surface area contributed by atoms with Gasteiger partial charge in [-0.15, -0.1) is 11.3 Å². The predicted octanol–water partition coefficient (Wildman–Crippen LogP) is 6.02. The van der Waals surface area contributed by atoms with Gasteiger partial charge in [0.2, 0.25) is 5.88 Å². The van der Waals surface area contributed by atoms with Crippen molar-refractivity contribution >= 4 is 38.7 Å². The van der Waals surface area contributed by atoms with Crippen molar-refractivity contribution in [3.63, 3.8) is 0 Å². The number of benzene rings is 2. The van der Waals surface area contributed by atoms with Crippen LogP contribution in [0.5, 0.6) is 11.6 Å². The van der Waals surface area contributed by atoms with Gasteiger partial charge in [-0.3, -0.25) is 9.36 Å². The van der Waals surface area contributed by atoms with Crippen LogP contribution in [-0.4, -0.2) is 25.5 Å². The van der Waals surface area contributed by atoms with Crippen molar-refractivity contribution in [3.8, 4) is 27.3 Å². The first kappa shape index (κ1) is 19.5. The maximum absolute atomic E-state index is 13.3. The van der Waals surface area contributed by atoms with Gasteiger partial charge in [-0.25, -0.2) is 4.98 Å². The van der Waals surface area contributed by atoms with Crippen LogP contribution in [0, 0.1) is 0 Å². The molecule has 2 N–H and O–H groups in total. The molecule has 3 heterocycles. The summed E-state index contributed by atoms with van der Waals surface area (Å²) in [7, 11) is 0. The molecule has 0 aliphatic carbocycles. The molecule has 7 heteroatoms. The van der Waals surface area contributed by atoms with Crippen molar-refractivity contribution in [3.05, 3.63) is 82.7 Å². The van der Waals surface area contributed by atoms with Gasteiger partial charge in [0.15, 0.2) is 16.7 Å². The minimum atomic E-state index is -0.439. The van der Waals surface area contributed by atoms with Crippen LogP contribution in [0.4, 0.5) is 0 Å². The molecule has 0 fully saturated rings. The van der Waals surface area contributed by atoms with E-state index in [1.807, 2.05) is 35.7 Å². The number of aryl methyl sites for hydroxylation is 1. The summed E-state index contributed by atoms with van der Waals surface area (Å²) in [5.41, 5.74) is 2.94. The molecule has 0 bridgehead atoms. The van der Waals surface area contributed by atoms with E-state index in [4.69, 9.17) is 0 Å². The highest BCUT2D eigenvalue weighted by atomic mass is 32.1. The van der Waals surface area contributed by atoms with Crippen LogP contribution in [-0.2, 0) is 6.42 Å². The molecule has 5 rings (SSSR count). The average molecular weight is 447 g/mol. The summed E-state index contributed by atoms with van der Waals surface area (Å²) in [6, 6.07) is 18.5. The Morgan fingerprint density at radius 2 is 1.87 bits per heavy atom. The van der Waals surface area contributed by atoms with Crippen molar-refractivity contribution < 1.29 is 15.0 Å². The molecule has 0 spiro atoms. The van der Waals surface area contributed by atoms with E-state index in [9.17, 15) is 15.0 Å². The van der Waals surface area contributed by atoms with Gasteiger partial charge >= 0.3 is 0 Å². The molecule has 0 saturated heterocycles. The fraction of sp³-hybridized carbons (Fsp3) is 0.0833. The number of carbonyl (C=O) groups excluding carboxylic acids is 1. The lowest BCUT2D eigenvalue weighted by Gasteiger charge is -2.07. The number of hydrogen-bond acceptors (Lipinski definition) is 6. The Morgan fingerprint density at radius 1 is 1.06 bits per heavy atom. The quantitative estimate of drug-likeness (QED) is 0.324. The summed E-state index contributed by atoms with van der Waals surface area (Å²) in [6.07, 6.45) is 0.912. The minimum absolute atomic E-state index is 0.0691. The Bertz CT molecular complexity index is 1400. The van der Waals surface area contributed by atoms with Gasteiger partial charge in [0.05, 0.1) is 26.4 Å². The Hall–Kier alpha value is -3.42. The van der Waals surface area contributed by atoms with Gasteiger partial charge in [-0.2, -0.15) is 0 Å². The molecule has 154 valence electrons. The Morgan fingerprint density at radius 3 is 2.58 bits per heavy atom. The van der Waals surface area contributed by atoms with Crippen LogP contribution in [0.1, 0.15) is 28.4 Å². The third-order valence-corrected chi connectivity index (χ3v) is 7.06. The second kappa shape index (κ2) is 7.68. The monoisotopic (exact) mass is 446 g/mol. The smallest absolute Gasteiger partial charge is 0.242 e. The van der Waals surface area contributed by atoms with Gasteiger partial charge in [-0.05, 0) is 35.6 Å². The van der Waals surface area contributed by atoms with Crippen LogP contribution in [0.15, 0.2) is 66.0 Å². The van der Waals surface area contributed by atoms with E-state index in [1.54, 1.807) is 24.3 Å². The molecule has 31 heavy (non-hydrogen) atoms. The zero-order valence-electron chi connectivity index (χ0n) is 16.6. The third-order valence-electron chi connectivity index (χ3n) is 5.18. The summed E-state index contributed by atoms with van der Waals surface area (Å²) in [4.78, 5) is 18.8. The summed E-state index contributed by atoms with van der Waals surface area (Å²) in [6.45, 7) is 2.09. The van der Waals surface area contributed by atoms with Crippen molar-refractivity contribution in [2.75, 3.05) is 0 Å². The van der Waals surface area contributed by atoms with E-state index in [0.717, 1.165) is 21.5 Å².